The van der Waals surface area contributed by atoms with E-state index in [4.69, 9.17) is 9.47 Å². The van der Waals surface area contributed by atoms with Gasteiger partial charge in [0.25, 0.3) is 5.91 Å². The van der Waals surface area contributed by atoms with Gasteiger partial charge < -0.3 is 25.0 Å². The van der Waals surface area contributed by atoms with Crippen molar-refractivity contribution in [2.24, 2.45) is 11.3 Å². The van der Waals surface area contributed by atoms with Crippen LogP contribution in [0, 0.1) is 18.3 Å². The number of fused-ring (bicyclic) bond motifs is 1. The first-order chi connectivity index (χ1) is 24.1. The molecule has 282 valence electrons. The Morgan fingerprint density at radius 2 is 1.81 bits per heavy atom. The summed E-state index contributed by atoms with van der Waals surface area (Å²) in [6.45, 7) is 14.9. The molecule has 0 aromatic carbocycles. The quantitative estimate of drug-likeness (QED) is 0.226. The van der Waals surface area contributed by atoms with Gasteiger partial charge in [0, 0.05) is 24.1 Å². The minimum absolute atomic E-state index is 0.0312. The number of sulfonamides is 1. The third-order valence-electron chi connectivity index (χ3n) is 9.10. The molecule has 4 amide bonds. The summed E-state index contributed by atoms with van der Waals surface area (Å²) in [4.78, 5) is 63.4. The molecule has 2 unspecified atom stereocenters. The molecular weight excluding hydrogens is 709 g/mol. The first-order valence-electron chi connectivity index (χ1n) is 16.5. The number of rotatable bonds is 11. The number of carbonyl (C=O) groups excluding carboxylic acids is 4. The number of likely N-dealkylation sites (tertiary alicyclic amines) is 1. The minimum Gasteiger partial charge on any atom is -0.488 e. The second-order valence-electron chi connectivity index (χ2n) is 14.5. The highest BCUT2D eigenvalue weighted by molar-refractivity contribution is 7.91. The van der Waals surface area contributed by atoms with Crippen molar-refractivity contribution in [2.75, 3.05) is 6.54 Å². The normalized spacial score (nSPS) is 23.7. The number of ether oxygens (including phenoxy) is 2. The maximum atomic E-state index is 14.3. The predicted octanol–water partition coefficient (Wildman–Crippen LogP) is 3.65. The zero-order valence-electron chi connectivity index (χ0n) is 29.3. The molecule has 3 N–H and O–H groups in total. The van der Waals surface area contributed by atoms with Gasteiger partial charge in [0.1, 0.15) is 29.5 Å². The van der Waals surface area contributed by atoms with E-state index < -0.39 is 86.0 Å². The molecular formula is C34H41F3N6O8S. The van der Waals surface area contributed by atoms with Gasteiger partial charge in [-0.2, -0.15) is 13.2 Å². The van der Waals surface area contributed by atoms with Gasteiger partial charge in [0.15, 0.2) is 11.3 Å². The fraction of sp³-hybridized carbons (Fsp3) is 0.529. The van der Waals surface area contributed by atoms with Gasteiger partial charge >= 0.3 is 12.3 Å². The van der Waals surface area contributed by atoms with Crippen LogP contribution in [0.4, 0.5) is 18.0 Å². The highest BCUT2D eigenvalue weighted by Crippen LogP contribution is 2.46. The summed E-state index contributed by atoms with van der Waals surface area (Å²) in [5, 5.41) is 4.59. The smallest absolute Gasteiger partial charge is 0.433 e. The number of alkyl carbamates (subject to hydrolysis) is 1. The van der Waals surface area contributed by atoms with E-state index in [1.807, 2.05) is 0 Å². The van der Waals surface area contributed by atoms with E-state index in [1.54, 1.807) is 33.8 Å². The van der Waals surface area contributed by atoms with E-state index in [-0.39, 0.29) is 41.9 Å². The largest absolute Gasteiger partial charge is 0.488 e. The molecule has 3 heterocycles. The van der Waals surface area contributed by atoms with Crippen LogP contribution in [-0.4, -0.2) is 82.6 Å². The molecule has 52 heavy (non-hydrogen) atoms. The summed E-state index contributed by atoms with van der Waals surface area (Å²) in [6.07, 6.45) is -4.95. The van der Waals surface area contributed by atoms with Crippen LogP contribution in [0.2, 0.25) is 0 Å². The summed E-state index contributed by atoms with van der Waals surface area (Å²) in [5.41, 5.74) is -3.73. The number of nitrogens with one attached hydrogen (secondary N) is 3. The van der Waals surface area contributed by atoms with E-state index in [0.29, 0.717) is 24.6 Å². The standard InChI is InChI=1S/C34H41F3N6O8S/c1-8-19-15-33(19,30(46)42-52(48,49)21-10-11-21)41-28(44)23-13-20(16-43(23)29(45)26(32(5,6)7)40-31(47)50-17(2)3)51-24-14-25(34(35,36)37)39-27-22(24)12-9-18(4)38-27/h8-9,12,14,19-21,23,26H,1-2,10-11,13,15-16H2,3-7H3,(H,40,47)(H,41,44)(H,42,46)/t19?,20-,23+,26-,33?/m1/s1. The monoisotopic (exact) mass is 750 g/mol. The first-order valence-corrected chi connectivity index (χ1v) is 18.1. The Balaban J connectivity index is 1.49. The van der Waals surface area contributed by atoms with Crippen LogP contribution in [0.1, 0.15) is 64.8 Å². The van der Waals surface area contributed by atoms with E-state index in [1.165, 1.54) is 19.1 Å². The van der Waals surface area contributed by atoms with Crippen molar-refractivity contribution in [1.82, 2.24) is 30.2 Å². The molecule has 2 aromatic heterocycles. The summed E-state index contributed by atoms with van der Waals surface area (Å²) < 4.78 is 80.1. The molecule has 0 radical (unpaired) electrons. The summed E-state index contributed by atoms with van der Waals surface area (Å²) in [7, 11) is -3.98. The van der Waals surface area contributed by atoms with Crippen LogP contribution in [0.3, 0.4) is 0 Å². The predicted molar refractivity (Wildman–Crippen MR) is 181 cm³/mol. The topological polar surface area (TPSA) is 186 Å². The second kappa shape index (κ2) is 13.7. The number of aromatic nitrogens is 2. The van der Waals surface area contributed by atoms with Crippen molar-refractivity contribution < 1.29 is 50.2 Å². The van der Waals surface area contributed by atoms with Crippen LogP contribution in [0.25, 0.3) is 11.0 Å². The van der Waals surface area contributed by atoms with Crippen molar-refractivity contribution in [1.29, 1.82) is 0 Å². The lowest BCUT2D eigenvalue weighted by Gasteiger charge is -2.35. The maximum Gasteiger partial charge on any atom is 0.433 e. The molecule has 5 rings (SSSR count). The van der Waals surface area contributed by atoms with Gasteiger partial charge in [-0.25, -0.2) is 23.2 Å². The highest BCUT2D eigenvalue weighted by Gasteiger charge is 2.62. The number of allylic oxidation sites excluding steroid dienone is 1. The number of nitrogens with zero attached hydrogens (tertiary/aromatic N) is 3. The van der Waals surface area contributed by atoms with Crippen molar-refractivity contribution in [3.8, 4) is 5.75 Å². The lowest BCUT2D eigenvalue weighted by atomic mass is 9.85. The van der Waals surface area contributed by atoms with Gasteiger partial charge in [-0.3, -0.25) is 19.1 Å². The Morgan fingerprint density at radius 1 is 1.13 bits per heavy atom. The molecule has 5 atom stereocenters. The Kier molecular flexibility index (Phi) is 10.1. The SMILES string of the molecule is C=CC1CC1(NC(=O)[C@@H]1C[C@@H](Oc2cc(C(F)(F)F)nc3nc(C)ccc23)CN1C(=O)[C@@H](NC(=O)OC(=C)C)C(C)(C)C)C(=O)NS(=O)(=O)C1CC1. The fourth-order valence-electron chi connectivity index (χ4n) is 6.11. The first kappa shape index (κ1) is 38.5. The number of pyridine rings is 2. The Labute approximate surface area is 298 Å². The van der Waals surface area contributed by atoms with Gasteiger partial charge in [-0.05, 0) is 50.7 Å². The summed E-state index contributed by atoms with van der Waals surface area (Å²) >= 11 is 0. The van der Waals surface area contributed by atoms with Crippen molar-refractivity contribution in [2.45, 2.75) is 95.5 Å². The lowest BCUT2D eigenvalue weighted by Crippen LogP contribution is -2.60. The number of carbonyl (C=O) groups is 4. The van der Waals surface area contributed by atoms with Crippen molar-refractivity contribution in [3.63, 3.8) is 0 Å². The van der Waals surface area contributed by atoms with Gasteiger partial charge in [0.2, 0.25) is 21.8 Å². The molecule has 0 bridgehead atoms. The lowest BCUT2D eigenvalue weighted by molar-refractivity contribution is -0.142. The molecule has 3 aliphatic rings. The van der Waals surface area contributed by atoms with Crippen molar-refractivity contribution in [3.05, 3.63) is 54.6 Å². The second-order valence-corrected chi connectivity index (χ2v) is 16.5. The molecule has 2 saturated carbocycles. The molecule has 18 heteroatoms. The average molecular weight is 751 g/mol. The Hall–Kier alpha value is -4.74. The number of alkyl halides is 3. The fourth-order valence-corrected chi connectivity index (χ4v) is 7.47. The van der Waals surface area contributed by atoms with Crippen LogP contribution >= 0.6 is 0 Å². The summed E-state index contributed by atoms with van der Waals surface area (Å²) in [5.74, 6) is -3.39. The van der Waals surface area contributed by atoms with E-state index in [0.717, 1.165) is 4.90 Å². The number of halogens is 3. The van der Waals surface area contributed by atoms with Crippen LogP contribution in [0.5, 0.6) is 5.75 Å². The number of aryl methyl sites for hydroxylation is 1. The molecule has 0 spiro atoms. The van der Waals surface area contributed by atoms with Crippen LogP contribution < -0.4 is 20.1 Å². The zero-order valence-corrected chi connectivity index (χ0v) is 30.1. The maximum absolute atomic E-state index is 14.3. The van der Waals surface area contributed by atoms with Gasteiger partial charge in [-0.1, -0.05) is 33.4 Å². The number of hydrogen-bond acceptors (Lipinski definition) is 10. The summed E-state index contributed by atoms with van der Waals surface area (Å²) in [6, 6.07) is 1.10. The molecule has 2 aromatic rings. The zero-order chi connectivity index (χ0) is 38.6. The number of amides is 4. The van der Waals surface area contributed by atoms with E-state index in [2.05, 4.69) is 38.5 Å². The van der Waals surface area contributed by atoms with Gasteiger partial charge in [0.05, 0.1) is 22.9 Å². The van der Waals surface area contributed by atoms with Crippen molar-refractivity contribution >= 4 is 44.9 Å². The van der Waals surface area contributed by atoms with E-state index in [9.17, 15) is 40.8 Å². The Morgan fingerprint density at radius 3 is 2.37 bits per heavy atom. The molecule has 1 saturated heterocycles. The van der Waals surface area contributed by atoms with Crippen LogP contribution in [-0.2, 0) is 35.3 Å². The molecule has 2 aliphatic carbocycles. The minimum atomic E-state index is -4.85. The Bertz CT molecular complexity index is 1940. The molecule has 1 aliphatic heterocycles. The van der Waals surface area contributed by atoms with Gasteiger partial charge in [-0.15, -0.1) is 6.58 Å². The molecule has 14 nitrogen and oxygen atoms in total. The third kappa shape index (κ3) is 8.16. The molecule has 3 fully saturated rings. The third-order valence-corrected chi connectivity index (χ3v) is 10.9. The highest BCUT2D eigenvalue weighted by atomic mass is 32.2. The average Bonchev–Trinajstić information content (AvgIpc) is 3.94. The van der Waals surface area contributed by atoms with E-state index >= 15 is 0 Å². The number of hydrogen-bond donors (Lipinski definition) is 3. The van der Waals surface area contributed by atoms with Crippen LogP contribution in [0.15, 0.2) is 43.2 Å².